The zero-order valence-electron chi connectivity index (χ0n) is 14.9. The molecule has 5 nitrogen and oxygen atoms in total. The van der Waals surface area contributed by atoms with E-state index < -0.39 is 10.0 Å². The monoisotopic (exact) mass is 440 g/mol. The fraction of sp³-hybridized carbons (Fsp3) is 0.632. The van der Waals surface area contributed by atoms with Crippen molar-refractivity contribution in [3.05, 3.63) is 28.2 Å². The van der Waals surface area contributed by atoms with Crippen molar-refractivity contribution in [3.8, 4) is 0 Å². The molecule has 0 aliphatic heterocycles. The number of hydrogen-bond donors (Lipinski definition) is 2. The second-order valence-electron chi connectivity index (χ2n) is 8.66. The van der Waals surface area contributed by atoms with Gasteiger partial charge in [-0.05, 0) is 103 Å². The van der Waals surface area contributed by atoms with Gasteiger partial charge in [0.2, 0.25) is 10.0 Å². The van der Waals surface area contributed by atoms with Crippen molar-refractivity contribution in [2.75, 3.05) is 0 Å². The lowest BCUT2D eigenvalue weighted by atomic mass is 9.48. The fourth-order valence-corrected chi connectivity index (χ4v) is 6.96. The van der Waals surface area contributed by atoms with Gasteiger partial charge in [-0.1, -0.05) is 0 Å². The van der Waals surface area contributed by atoms with Gasteiger partial charge in [-0.2, -0.15) is 0 Å². The molecule has 1 aromatic carbocycles. The second kappa shape index (κ2) is 6.31. The molecule has 0 aromatic heterocycles. The number of sulfonamides is 1. The Balaban J connectivity index is 1.55. The highest BCUT2D eigenvalue weighted by Gasteiger charge is 2.53. The van der Waals surface area contributed by atoms with Crippen LogP contribution < -0.4 is 10.5 Å². The molecule has 1 atom stereocenters. The Labute approximate surface area is 163 Å². The number of carbonyl (C=O) groups is 1. The maximum absolute atomic E-state index is 12.9. The molecule has 4 aliphatic carbocycles. The smallest absolute Gasteiger partial charge is 0.252 e. The lowest BCUT2D eigenvalue weighted by Gasteiger charge is -2.59. The normalized spacial score (nSPS) is 33.9. The summed E-state index contributed by atoms with van der Waals surface area (Å²) in [6.07, 6.45) is 7.71. The third-order valence-electron chi connectivity index (χ3n) is 6.86. The standard InChI is InChI=1S/C19H25BrN2O3S/c1-11(19-8-12-4-13(9-19)6-14(5-12)10-19)22-18(23)16-7-15(26(21,24)25)2-3-17(16)20/h2-3,7,11-14H,4-6,8-10H2,1H3,(H,22,23)(H2,21,24,25). The first-order valence-electron chi connectivity index (χ1n) is 9.29. The Morgan fingerprint density at radius 2 is 1.73 bits per heavy atom. The number of halogens is 1. The van der Waals surface area contributed by atoms with Crippen LogP contribution in [0.1, 0.15) is 55.8 Å². The van der Waals surface area contributed by atoms with E-state index >= 15 is 0 Å². The van der Waals surface area contributed by atoms with Gasteiger partial charge in [-0.25, -0.2) is 13.6 Å². The SMILES string of the molecule is CC(NC(=O)c1cc(S(N)(=O)=O)ccc1Br)C12CC3CC(CC(C3)C1)C2. The number of carbonyl (C=O) groups excluding carboxylic acids is 1. The van der Waals surface area contributed by atoms with Crippen molar-refractivity contribution in [2.45, 2.75) is 56.4 Å². The largest absolute Gasteiger partial charge is 0.349 e. The van der Waals surface area contributed by atoms with Crippen LogP contribution in [0.4, 0.5) is 0 Å². The van der Waals surface area contributed by atoms with Gasteiger partial charge in [-0.3, -0.25) is 4.79 Å². The van der Waals surface area contributed by atoms with E-state index in [1.54, 1.807) is 6.07 Å². The van der Waals surface area contributed by atoms with E-state index in [0.717, 1.165) is 17.8 Å². The van der Waals surface area contributed by atoms with Gasteiger partial charge in [0, 0.05) is 10.5 Å². The first kappa shape index (κ1) is 18.4. The molecule has 0 radical (unpaired) electrons. The Morgan fingerprint density at radius 3 is 2.23 bits per heavy atom. The summed E-state index contributed by atoms with van der Waals surface area (Å²) in [5.74, 6) is 2.21. The van der Waals surface area contributed by atoms with E-state index in [2.05, 4.69) is 28.2 Å². The van der Waals surface area contributed by atoms with Crippen molar-refractivity contribution in [3.63, 3.8) is 0 Å². The summed E-state index contributed by atoms with van der Waals surface area (Å²) < 4.78 is 23.8. The summed E-state index contributed by atoms with van der Waals surface area (Å²) in [5.41, 5.74) is 0.516. The summed E-state index contributed by atoms with van der Waals surface area (Å²) in [7, 11) is -3.84. The van der Waals surface area contributed by atoms with Crippen LogP contribution in [0, 0.1) is 23.2 Å². The highest BCUT2D eigenvalue weighted by Crippen LogP contribution is 2.61. The van der Waals surface area contributed by atoms with Gasteiger partial charge in [0.1, 0.15) is 0 Å². The Kier molecular flexibility index (Phi) is 4.48. The number of hydrogen-bond acceptors (Lipinski definition) is 3. The van der Waals surface area contributed by atoms with Crippen LogP contribution in [0.25, 0.3) is 0 Å². The molecule has 4 fully saturated rings. The molecule has 1 aromatic rings. The summed E-state index contributed by atoms with van der Waals surface area (Å²) >= 11 is 3.36. The van der Waals surface area contributed by atoms with E-state index in [1.807, 2.05) is 0 Å². The minimum Gasteiger partial charge on any atom is -0.349 e. The molecule has 0 heterocycles. The van der Waals surface area contributed by atoms with E-state index in [-0.39, 0.29) is 22.3 Å². The van der Waals surface area contributed by atoms with Crippen molar-refractivity contribution in [1.82, 2.24) is 5.32 Å². The van der Waals surface area contributed by atoms with E-state index in [9.17, 15) is 13.2 Å². The lowest BCUT2D eigenvalue weighted by Crippen LogP contribution is -2.55. The van der Waals surface area contributed by atoms with E-state index in [0.29, 0.717) is 10.0 Å². The highest BCUT2D eigenvalue weighted by molar-refractivity contribution is 9.10. The molecule has 7 heteroatoms. The number of nitrogens with one attached hydrogen (secondary N) is 1. The van der Waals surface area contributed by atoms with Gasteiger partial charge >= 0.3 is 0 Å². The zero-order chi connectivity index (χ0) is 18.7. The third kappa shape index (κ3) is 3.22. The molecule has 4 saturated carbocycles. The summed E-state index contributed by atoms with van der Waals surface area (Å²) in [4.78, 5) is 12.8. The Bertz CT molecular complexity index is 817. The number of nitrogens with two attached hydrogens (primary N) is 1. The van der Waals surface area contributed by atoms with Crippen molar-refractivity contribution >= 4 is 31.9 Å². The highest BCUT2D eigenvalue weighted by atomic mass is 79.9. The predicted octanol–water partition coefficient (Wildman–Crippen LogP) is 3.43. The van der Waals surface area contributed by atoms with Crippen LogP contribution in [-0.4, -0.2) is 20.4 Å². The summed E-state index contributed by atoms with van der Waals surface area (Å²) in [6, 6.07) is 4.39. The van der Waals surface area contributed by atoms with Gasteiger partial charge in [-0.15, -0.1) is 0 Å². The molecule has 0 saturated heterocycles. The van der Waals surface area contributed by atoms with Crippen LogP contribution >= 0.6 is 15.9 Å². The molecule has 142 valence electrons. The maximum Gasteiger partial charge on any atom is 0.252 e. The van der Waals surface area contributed by atoms with Gasteiger partial charge in [0.25, 0.3) is 5.91 Å². The number of benzene rings is 1. The second-order valence-corrected chi connectivity index (χ2v) is 11.1. The molecular formula is C19H25BrN2O3S. The van der Waals surface area contributed by atoms with Crippen LogP contribution in [0.15, 0.2) is 27.6 Å². The average Bonchev–Trinajstić information content (AvgIpc) is 2.52. The van der Waals surface area contributed by atoms with Crippen LogP contribution in [0.5, 0.6) is 0 Å². The summed E-state index contributed by atoms with van der Waals surface area (Å²) in [5, 5.41) is 8.37. The lowest BCUT2D eigenvalue weighted by molar-refractivity contribution is -0.0688. The van der Waals surface area contributed by atoms with Crippen LogP contribution in [0.3, 0.4) is 0 Å². The summed E-state index contributed by atoms with van der Waals surface area (Å²) in [6.45, 7) is 2.11. The molecule has 0 spiro atoms. The molecule has 3 N–H and O–H groups in total. The molecule has 1 unspecified atom stereocenters. The minimum absolute atomic E-state index is 0.0479. The molecule has 4 bridgehead atoms. The van der Waals surface area contributed by atoms with Crippen molar-refractivity contribution in [2.24, 2.45) is 28.3 Å². The van der Waals surface area contributed by atoms with Gasteiger partial charge in [0.05, 0.1) is 10.5 Å². The van der Waals surface area contributed by atoms with Gasteiger partial charge in [0.15, 0.2) is 0 Å². The first-order valence-corrected chi connectivity index (χ1v) is 11.6. The van der Waals surface area contributed by atoms with Crippen molar-refractivity contribution in [1.29, 1.82) is 0 Å². The quantitative estimate of drug-likeness (QED) is 0.750. The van der Waals surface area contributed by atoms with Crippen LogP contribution in [-0.2, 0) is 10.0 Å². The maximum atomic E-state index is 12.9. The Morgan fingerprint density at radius 1 is 1.19 bits per heavy atom. The number of amides is 1. The molecule has 5 rings (SSSR count). The predicted molar refractivity (Wildman–Crippen MR) is 103 cm³/mol. The average molecular weight is 441 g/mol. The van der Waals surface area contributed by atoms with Crippen molar-refractivity contribution < 1.29 is 13.2 Å². The third-order valence-corrected chi connectivity index (χ3v) is 8.47. The first-order chi connectivity index (χ1) is 12.2. The topological polar surface area (TPSA) is 89.3 Å². The van der Waals surface area contributed by atoms with Crippen LogP contribution in [0.2, 0.25) is 0 Å². The fourth-order valence-electron chi connectivity index (χ4n) is 5.99. The zero-order valence-corrected chi connectivity index (χ0v) is 17.3. The van der Waals surface area contributed by atoms with Gasteiger partial charge < -0.3 is 5.32 Å². The molecule has 26 heavy (non-hydrogen) atoms. The van der Waals surface area contributed by atoms with E-state index in [1.165, 1.54) is 50.7 Å². The molecular weight excluding hydrogens is 416 g/mol. The minimum atomic E-state index is -3.84. The number of rotatable bonds is 4. The molecule has 1 amide bonds. The number of primary sulfonamides is 1. The van der Waals surface area contributed by atoms with E-state index in [4.69, 9.17) is 5.14 Å². The Hall–Kier alpha value is -0.920. The molecule has 4 aliphatic rings.